The molecular weight excluding hydrogens is 650 g/mol. The number of carbonyl (C=O) groups is 3. The van der Waals surface area contributed by atoms with Crippen molar-refractivity contribution in [3.05, 3.63) is 0 Å². The lowest BCUT2D eigenvalue weighted by atomic mass is 10.0. The fourth-order valence-electron chi connectivity index (χ4n) is 3.78. The van der Waals surface area contributed by atoms with Crippen LogP contribution in [0.5, 0.6) is 0 Å². The Morgan fingerprint density at radius 2 is 0.958 bits per heavy atom. The molecule has 0 unspecified atom stereocenters. The summed E-state index contributed by atoms with van der Waals surface area (Å²) in [6.45, 7) is 1.47. The van der Waals surface area contributed by atoms with Gasteiger partial charge in [-0.05, 0) is 13.3 Å². The predicted molar refractivity (Wildman–Crippen MR) is 163 cm³/mol. The lowest BCUT2D eigenvalue weighted by Gasteiger charge is -2.26. The molecule has 0 radical (unpaired) electrons. The molecule has 0 aliphatic carbocycles. The molecular formula is C28H55N3O17. The van der Waals surface area contributed by atoms with Crippen molar-refractivity contribution >= 4 is 17.7 Å². The molecule has 0 aliphatic heterocycles. The Kier molecular flexibility index (Phi) is 26.4. The summed E-state index contributed by atoms with van der Waals surface area (Å²) in [6, 6.07) is -1.36. The Morgan fingerprint density at radius 1 is 0.542 bits per heavy atom. The maximum atomic E-state index is 12.9. The lowest BCUT2D eigenvalue weighted by molar-refractivity contribution is -0.132. The summed E-state index contributed by atoms with van der Waals surface area (Å²) >= 11 is 0. The molecule has 284 valence electrons. The normalized spacial score (nSPS) is 17.3. The topological polar surface area (TPSA) is 327 Å². The lowest BCUT2D eigenvalue weighted by Crippen LogP contribution is -2.53. The average molecular weight is 706 g/mol. The van der Waals surface area contributed by atoms with E-state index in [-0.39, 0.29) is 32.7 Å². The highest BCUT2D eigenvalue weighted by molar-refractivity contribution is 5.88. The van der Waals surface area contributed by atoms with E-state index >= 15 is 0 Å². The number of aliphatic hydroxyl groups is 10. The summed E-state index contributed by atoms with van der Waals surface area (Å²) in [5.74, 6) is -2.28. The zero-order valence-electron chi connectivity index (χ0n) is 27.1. The van der Waals surface area contributed by atoms with E-state index in [2.05, 4.69) is 16.0 Å². The van der Waals surface area contributed by atoms with Gasteiger partial charge in [-0.3, -0.25) is 14.4 Å². The molecule has 0 saturated carbocycles. The van der Waals surface area contributed by atoms with Gasteiger partial charge in [0.2, 0.25) is 17.7 Å². The van der Waals surface area contributed by atoms with Gasteiger partial charge >= 0.3 is 0 Å². The van der Waals surface area contributed by atoms with Crippen molar-refractivity contribution in [3.8, 4) is 0 Å². The van der Waals surface area contributed by atoms with E-state index in [1.807, 2.05) is 6.92 Å². The molecule has 0 fully saturated rings. The van der Waals surface area contributed by atoms with Crippen molar-refractivity contribution in [2.75, 3.05) is 79.2 Å². The first-order chi connectivity index (χ1) is 22.8. The van der Waals surface area contributed by atoms with E-state index in [4.69, 9.17) is 29.2 Å². The van der Waals surface area contributed by atoms with Crippen LogP contribution < -0.4 is 16.0 Å². The van der Waals surface area contributed by atoms with Gasteiger partial charge in [-0.15, -0.1) is 0 Å². The van der Waals surface area contributed by atoms with Crippen LogP contribution in [0.2, 0.25) is 0 Å². The van der Waals surface area contributed by atoms with Crippen molar-refractivity contribution in [1.29, 1.82) is 0 Å². The maximum Gasteiger partial charge on any atom is 0.242 e. The first kappa shape index (κ1) is 45.9. The number of hydrogen-bond acceptors (Lipinski definition) is 17. The van der Waals surface area contributed by atoms with E-state index in [1.165, 1.54) is 0 Å². The molecule has 9 atom stereocenters. The first-order valence-electron chi connectivity index (χ1n) is 15.6. The highest BCUT2D eigenvalue weighted by Crippen LogP contribution is 2.07. The third-order valence-corrected chi connectivity index (χ3v) is 6.75. The molecule has 0 aromatic heterocycles. The second kappa shape index (κ2) is 27.6. The van der Waals surface area contributed by atoms with Gasteiger partial charge in [0.1, 0.15) is 42.7 Å². The largest absolute Gasteiger partial charge is 0.394 e. The van der Waals surface area contributed by atoms with Crippen LogP contribution in [0.15, 0.2) is 0 Å². The van der Waals surface area contributed by atoms with Crippen molar-refractivity contribution in [1.82, 2.24) is 16.0 Å². The van der Waals surface area contributed by atoms with Gasteiger partial charge in [0.05, 0.1) is 71.7 Å². The molecule has 20 heteroatoms. The zero-order valence-corrected chi connectivity index (χ0v) is 27.1. The molecule has 0 aliphatic rings. The van der Waals surface area contributed by atoms with E-state index in [1.54, 1.807) is 0 Å². The van der Waals surface area contributed by atoms with Crippen LogP contribution in [-0.4, -0.2) is 203 Å². The number of amides is 3. The SMILES string of the molecule is CCOCCOCCOCCOCCC(=O)N[C@@H](CCC(=O)NC[C@H](O)[C@@H](O)[C@H](O)[C@H](O)CO)C(=O)NC[C@H](O)[C@@H](O)[C@H](O)[C@H](O)CO. The van der Waals surface area contributed by atoms with Crippen LogP contribution in [0.3, 0.4) is 0 Å². The third kappa shape index (κ3) is 20.4. The van der Waals surface area contributed by atoms with E-state index < -0.39 is 105 Å². The van der Waals surface area contributed by atoms with Crippen LogP contribution in [0, 0.1) is 0 Å². The molecule has 0 heterocycles. The summed E-state index contributed by atoms with van der Waals surface area (Å²) in [6.07, 6.45) is -15.6. The number of carbonyl (C=O) groups excluding carboxylic acids is 3. The summed E-state index contributed by atoms with van der Waals surface area (Å²) in [5.41, 5.74) is 0. The van der Waals surface area contributed by atoms with E-state index in [0.29, 0.717) is 33.0 Å². The Labute approximate surface area is 278 Å². The Bertz CT molecular complexity index is 860. The van der Waals surface area contributed by atoms with Gasteiger partial charge < -0.3 is 86.0 Å². The Morgan fingerprint density at radius 3 is 1.42 bits per heavy atom. The summed E-state index contributed by atoms with van der Waals surface area (Å²) in [5, 5.41) is 103. The van der Waals surface area contributed by atoms with Gasteiger partial charge in [0.25, 0.3) is 0 Å². The molecule has 0 saturated heterocycles. The molecule has 0 rings (SSSR count). The standard InChI is InChI=1S/C28H55N3O17/c1-2-45-7-8-47-11-12-48-10-9-46-6-5-23(39)31-17(28(44)30-14-19(35)25(41)27(43)21(37)16-33)3-4-22(38)29-13-18(34)24(40)26(42)20(36)15-32/h17-21,24-27,32-37,40-43H,2-16H2,1H3,(H,29,38)(H,30,44)(H,31,39)/t17-,18-,19-,20+,21+,24+,25+,26+,27+/m0/s1. The quantitative estimate of drug-likeness (QED) is 0.0309. The van der Waals surface area contributed by atoms with Crippen LogP contribution in [0.1, 0.15) is 26.2 Å². The number of nitrogens with one attached hydrogen (secondary N) is 3. The highest BCUT2D eigenvalue weighted by Gasteiger charge is 2.32. The monoisotopic (exact) mass is 705 g/mol. The smallest absolute Gasteiger partial charge is 0.242 e. The minimum absolute atomic E-state index is 0.0398. The molecule has 13 N–H and O–H groups in total. The predicted octanol–water partition coefficient (Wildman–Crippen LogP) is -7.17. The van der Waals surface area contributed by atoms with Gasteiger partial charge in [-0.1, -0.05) is 0 Å². The van der Waals surface area contributed by atoms with Gasteiger partial charge in [-0.2, -0.15) is 0 Å². The van der Waals surface area contributed by atoms with Gasteiger partial charge in [-0.25, -0.2) is 0 Å². The number of aliphatic hydroxyl groups excluding tert-OH is 10. The summed E-state index contributed by atoms with van der Waals surface area (Å²) in [4.78, 5) is 37.8. The van der Waals surface area contributed by atoms with Gasteiger partial charge in [0, 0.05) is 32.5 Å². The minimum atomic E-state index is -1.96. The minimum Gasteiger partial charge on any atom is -0.394 e. The molecule has 0 bridgehead atoms. The van der Waals surface area contributed by atoms with E-state index in [0.717, 1.165) is 0 Å². The van der Waals surface area contributed by atoms with Crippen molar-refractivity contribution in [3.63, 3.8) is 0 Å². The van der Waals surface area contributed by atoms with Gasteiger partial charge in [0.15, 0.2) is 0 Å². The van der Waals surface area contributed by atoms with Crippen molar-refractivity contribution in [2.24, 2.45) is 0 Å². The first-order valence-corrected chi connectivity index (χ1v) is 15.6. The third-order valence-electron chi connectivity index (χ3n) is 6.75. The van der Waals surface area contributed by atoms with Crippen LogP contribution in [0.4, 0.5) is 0 Å². The Balaban J connectivity index is 4.92. The summed E-state index contributed by atoms with van der Waals surface area (Å²) < 4.78 is 21.1. The maximum absolute atomic E-state index is 12.9. The second-order valence-corrected chi connectivity index (χ2v) is 10.6. The second-order valence-electron chi connectivity index (χ2n) is 10.6. The molecule has 0 aromatic carbocycles. The molecule has 3 amide bonds. The molecule has 0 spiro atoms. The Hall–Kier alpha value is -2.15. The average Bonchev–Trinajstić information content (AvgIpc) is 3.09. The highest BCUT2D eigenvalue weighted by atomic mass is 16.6. The van der Waals surface area contributed by atoms with Crippen LogP contribution in [0.25, 0.3) is 0 Å². The number of hydrogen-bond donors (Lipinski definition) is 13. The number of rotatable bonds is 30. The fraction of sp³-hybridized carbons (Fsp3) is 0.893. The molecule has 20 nitrogen and oxygen atoms in total. The van der Waals surface area contributed by atoms with Crippen molar-refractivity contribution < 1.29 is 84.4 Å². The summed E-state index contributed by atoms with van der Waals surface area (Å²) in [7, 11) is 0. The zero-order chi connectivity index (χ0) is 36.5. The van der Waals surface area contributed by atoms with Crippen LogP contribution in [-0.2, 0) is 33.3 Å². The van der Waals surface area contributed by atoms with Crippen molar-refractivity contribution in [2.45, 2.75) is 81.1 Å². The molecule has 48 heavy (non-hydrogen) atoms. The number of ether oxygens (including phenoxy) is 4. The fourth-order valence-corrected chi connectivity index (χ4v) is 3.78. The van der Waals surface area contributed by atoms with Crippen LogP contribution >= 0.6 is 0 Å². The molecule has 0 aromatic rings. The van der Waals surface area contributed by atoms with E-state index in [9.17, 15) is 55.2 Å².